The lowest BCUT2D eigenvalue weighted by Gasteiger charge is -2.27. The van der Waals surface area contributed by atoms with Crippen LogP contribution in [-0.4, -0.2) is 37.1 Å². The largest absolute Gasteiger partial charge is 0.313 e. The molecule has 0 aromatic rings. The fourth-order valence-electron chi connectivity index (χ4n) is 6.05. The van der Waals surface area contributed by atoms with Gasteiger partial charge in [-0.05, 0) is 99.8 Å². The first-order chi connectivity index (χ1) is 15.3. The van der Waals surface area contributed by atoms with E-state index in [1.54, 1.807) is 11.1 Å². The van der Waals surface area contributed by atoms with Crippen molar-refractivity contribution < 1.29 is 0 Å². The highest BCUT2D eigenvalue weighted by Gasteiger charge is 2.56. The Kier molecular flexibility index (Phi) is 8.97. The van der Waals surface area contributed by atoms with E-state index in [2.05, 4.69) is 63.3 Å². The number of rotatable bonds is 6. The summed E-state index contributed by atoms with van der Waals surface area (Å²) in [4.78, 5) is 2.23. The molecule has 1 saturated heterocycles. The second-order valence-electron chi connectivity index (χ2n) is 10.9. The molecule has 2 saturated carbocycles. The van der Waals surface area contributed by atoms with E-state index in [9.17, 15) is 0 Å². The molecule has 6 unspecified atom stereocenters. The molecule has 0 amide bonds. The van der Waals surface area contributed by atoms with Crippen LogP contribution >= 0.6 is 0 Å². The lowest BCUT2D eigenvalue weighted by Crippen LogP contribution is -2.28. The Morgan fingerprint density at radius 3 is 2.50 bits per heavy atom. The third kappa shape index (κ3) is 6.24. The lowest BCUT2D eigenvalue weighted by molar-refractivity contribution is 0.295. The van der Waals surface area contributed by atoms with Gasteiger partial charge in [-0.3, -0.25) is 4.90 Å². The fraction of sp³-hybridized carbons (Fsp3) is 0.690. The normalized spacial score (nSPS) is 35.7. The molecule has 3 fully saturated rings. The molecule has 3 nitrogen and oxygen atoms in total. The summed E-state index contributed by atoms with van der Waals surface area (Å²) in [5.74, 6) is 3.35. The highest BCUT2D eigenvalue weighted by molar-refractivity contribution is 5.40. The van der Waals surface area contributed by atoms with E-state index in [-0.39, 0.29) is 6.04 Å². The van der Waals surface area contributed by atoms with Crippen molar-refractivity contribution in [3.05, 3.63) is 47.6 Å². The number of hydrogen-bond donors (Lipinski definition) is 1. The van der Waals surface area contributed by atoms with E-state index >= 15 is 0 Å². The van der Waals surface area contributed by atoms with Crippen LogP contribution in [0.1, 0.15) is 72.1 Å². The van der Waals surface area contributed by atoms with Crippen molar-refractivity contribution in [2.75, 3.05) is 20.1 Å². The summed E-state index contributed by atoms with van der Waals surface area (Å²) in [6.45, 7) is 17.1. The molecule has 176 valence electrons. The Bertz CT molecular complexity index is 783. The maximum absolute atomic E-state index is 8.67. The number of piperidine rings is 1. The molecule has 3 heteroatoms. The maximum atomic E-state index is 8.67. The van der Waals surface area contributed by atoms with Gasteiger partial charge >= 0.3 is 0 Å². The summed E-state index contributed by atoms with van der Waals surface area (Å²) < 4.78 is 0. The van der Waals surface area contributed by atoms with Crippen molar-refractivity contribution in [2.24, 2.45) is 23.7 Å². The molecule has 1 heterocycles. The molecule has 1 N–H and O–H groups in total. The number of nitrogens with zero attached hydrogens (tertiary/aromatic N) is 2. The number of hydrogen-bond acceptors (Lipinski definition) is 3. The standard InChI is InChI=1S/C21H33N.C8H12N2/c1-5-11-22-12-10-21-14-17(3)7-9-20(21)15-19-8-6-16(2)13-18(19)4;1-5-7-3-6(4-9)10(2)8(5)7/h5,15-17,22H,1,4,6-14H2,2-3H3;5-8H,3H2,1-2H3/b19-15-;. The molecule has 0 radical (unpaired) electrons. The number of nitriles is 1. The van der Waals surface area contributed by atoms with Gasteiger partial charge in [-0.2, -0.15) is 5.26 Å². The molecule has 0 aromatic heterocycles. The molecule has 4 aliphatic rings. The zero-order valence-electron chi connectivity index (χ0n) is 21.0. The van der Waals surface area contributed by atoms with Gasteiger partial charge in [0.05, 0.1) is 12.1 Å². The summed E-state index contributed by atoms with van der Waals surface area (Å²) in [6, 6.07) is 3.28. The Labute approximate surface area is 197 Å². The Morgan fingerprint density at radius 2 is 1.88 bits per heavy atom. The molecule has 4 rings (SSSR count). The molecule has 32 heavy (non-hydrogen) atoms. The van der Waals surface area contributed by atoms with Crippen LogP contribution in [-0.2, 0) is 0 Å². The van der Waals surface area contributed by atoms with Crippen LogP contribution in [0.5, 0.6) is 0 Å². The van der Waals surface area contributed by atoms with Crippen molar-refractivity contribution in [2.45, 2.75) is 84.2 Å². The second kappa shape index (κ2) is 11.5. The van der Waals surface area contributed by atoms with Gasteiger partial charge in [0.1, 0.15) is 0 Å². The first kappa shape index (κ1) is 25.0. The molecule has 1 aliphatic heterocycles. The fourth-order valence-corrected chi connectivity index (χ4v) is 6.05. The first-order valence-electron chi connectivity index (χ1n) is 12.9. The summed E-state index contributed by atoms with van der Waals surface area (Å²) in [6.07, 6.45) is 14.3. The van der Waals surface area contributed by atoms with Crippen LogP contribution in [0.4, 0.5) is 0 Å². The third-order valence-electron chi connectivity index (χ3n) is 8.27. The van der Waals surface area contributed by atoms with E-state index in [0.29, 0.717) is 0 Å². The van der Waals surface area contributed by atoms with Crippen LogP contribution in [0.3, 0.4) is 0 Å². The molecular formula is C29H45N3. The average Bonchev–Trinajstić information content (AvgIpc) is 3.27. The van der Waals surface area contributed by atoms with E-state index in [1.165, 1.54) is 56.1 Å². The minimum Gasteiger partial charge on any atom is -0.313 e. The van der Waals surface area contributed by atoms with Crippen molar-refractivity contribution >= 4 is 0 Å². The zero-order valence-corrected chi connectivity index (χ0v) is 21.0. The third-order valence-corrected chi connectivity index (χ3v) is 8.27. The highest BCUT2D eigenvalue weighted by Crippen LogP contribution is 2.51. The van der Waals surface area contributed by atoms with Gasteiger partial charge in [-0.1, -0.05) is 50.6 Å². The summed E-state index contributed by atoms with van der Waals surface area (Å²) in [5, 5.41) is 12.1. The van der Waals surface area contributed by atoms with Crippen molar-refractivity contribution in [3.8, 4) is 6.07 Å². The van der Waals surface area contributed by atoms with Gasteiger partial charge in [0.2, 0.25) is 0 Å². The number of fused-ring (bicyclic) bond motifs is 1. The van der Waals surface area contributed by atoms with Gasteiger partial charge in [0.15, 0.2) is 0 Å². The van der Waals surface area contributed by atoms with Gasteiger partial charge in [0.25, 0.3) is 0 Å². The van der Waals surface area contributed by atoms with Crippen LogP contribution in [0.15, 0.2) is 47.6 Å². The topological polar surface area (TPSA) is 39.1 Å². The van der Waals surface area contributed by atoms with Crippen molar-refractivity contribution in [1.82, 2.24) is 10.2 Å². The molecular weight excluding hydrogens is 390 g/mol. The Hall–Kier alpha value is -1.63. The molecule has 0 bridgehead atoms. The molecule has 0 aromatic carbocycles. The predicted octanol–water partition coefficient (Wildman–Crippen LogP) is 6.42. The molecule has 0 spiro atoms. The highest BCUT2D eigenvalue weighted by atomic mass is 15.2. The van der Waals surface area contributed by atoms with Gasteiger partial charge in [-0.15, -0.1) is 6.58 Å². The first-order valence-corrected chi connectivity index (χ1v) is 12.9. The lowest BCUT2D eigenvalue weighted by atomic mass is 9.79. The van der Waals surface area contributed by atoms with Crippen LogP contribution in [0, 0.1) is 35.0 Å². The predicted molar refractivity (Wildman–Crippen MR) is 136 cm³/mol. The summed E-state index contributed by atoms with van der Waals surface area (Å²) in [7, 11) is 2.07. The van der Waals surface area contributed by atoms with Crippen molar-refractivity contribution in [1.29, 1.82) is 5.26 Å². The monoisotopic (exact) mass is 435 g/mol. The summed E-state index contributed by atoms with van der Waals surface area (Å²) in [5.41, 5.74) is 6.20. The Balaban J connectivity index is 0.000000238. The van der Waals surface area contributed by atoms with Crippen LogP contribution in [0.2, 0.25) is 0 Å². The maximum Gasteiger partial charge on any atom is 0.0981 e. The average molecular weight is 436 g/mol. The number of nitrogens with one attached hydrogen (secondary N) is 1. The summed E-state index contributed by atoms with van der Waals surface area (Å²) >= 11 is 0. The second-order valence-corrected chi connectivity index (χ2v) is 10.9. The van der Waals surface area contributed by atoms with Gasteiger partial charge in [-0.25, -0.2) is 0 Å². The van der Waals surface area contributed by atoms with Gasteiger partial charge in [0, 0.05) is 12.6 Å². The smallest absolute Gasteiger partial charge is 0.0981 e. The van der Waals surface area contributed by atoms with E-state index in [4.69, 9.17) is 5.26 Å². The van der Waals surface area contributed by atoms with E-state index in [0.717, 1.165) is 49.2 Å². The quantitative estimate of drug-likeness (QED) is 0.386. The minimum absolute atomic E-state index is 0.214. The molecule has 3 aliphatic carbocycles. The minimum atomic E-state index is 0.214. The van der Waals surface area contributed by atoms with Crippen LogP contribution < -0.4 is 5.32 Å². The SMILES string of the molecule is C=CCNCCC1=C(/C=C2/CCC(C)CC2=C)CCC(C)C1.CC1C2CC(C#N)N(C)C12. The van der Waals surface area contributed by atoms with E-state index < -0.39 is 0 Å². The van der Waals surface area contributed by atoms with Crippen molar-refractivity contribution in [3.63, 3.8) is 0 Å². The number of likely N-dealkylation sites (tertiary alicyclic amines) is 1. The molecule has 6 atom stereocenters. The van der Waals surface area contributed by atoms with E-state index in [1.807, 2.05) is 6.08 Å². The van der Waals surface area contributed by atoms with Gasteiger partial charge < -0.3 is 5.32 Å². The zero-order chi connectivity index (χ0) is 23.3. The number of allylic oxidation sites excluding steroid dienone is 4. The van der Waals surface area contributed by atoms with Crippen LogP contribution in [0.25, 0.3) is 0 Å². The Morgan fingerprint density at radius 1 is 1.16 bits per heavy atom.